The summed E-state index contributed by atoms with van der Waals surface area (Å²) in [5, 5.41) is 26.4. The van der Waals surface area contributed by atoms with Gasteiger partial charge in [-0.05, 0) is 43.7 Å². The number of carbonyl (C=O) groups is 1. The van der Waals surface area contributed by atoms with Gasteiger partial charge in [-0.3, -0.25) is 19.5 Å². The Kier molecular flexibility index (Phi) is 7.41. The van der Waals surface area contributed by atoms with Gasteiger partial charge in [0.2, 0.25) is 5.91 Å². The van der Waals surface area contributed by atoms with Gasteiger partial charge in [-0.25, -0.2) is 0 Å². The number of aromatic nitrogens is 3. The lowest BCUT2D eigenvalue weighted by Crippen LogP contribution is -2.15. The molecular weight excluding hydrogens is 464 g/mol. The average molecular weight is 489 g/mol. The van der Waals surface area contributed by atoms with Crippen LogP contribution in [0.25, 0.3) is 5.69 Å². The van der Waals surface area contributed by atoms with Crippen molar-refractivity contribution < 1.29 is 9.72 Å². The summed E-state index contributed by atoms with van der Waals surface area (Å²) in [6.07, 6.45) is 0. The molecule has 10 heteroatoms. The lowest BCUT2D eigenvalue weighted by molar-refractivity contribution is -0.384. The van der Waals surface area contributed by atoms with E-state index >= 15 is 0 Å². The third kappa shape index (κ3) is 6.04. The minimum atomic E-state index is -0.488. The van der Waals surface area contributed by atoms with E-state index in [1.165, 1.54) is 29.5 Å². The van der Waals surface area contributed by atoms with Crippen LogP contribution in [0.15, 0.2) is 78.0 Å². The quantitative estimate of drug-likeness (QED) is 0.190. The Balaban J connectivity index is 1.49. The van der Waals surface area contributed by atoms with Gasteiger partial charge in [0.15, 0.2) is 11.0 Å². The number of nitrogens with one attached hydrogen (secondary N) is 2. The highest BCUT2D eigenvalue weighted by molar-refractivity contribution is 7.99. The molecule has 0 spiro atoms. The second-order valence-electron chi connectivity index (χ2n) is 7.88. The van der Waals surface area contributed by atoms with Crippen LogP contribution in [0, 0.1) is 24.0 Å². The molecule has 4 rings (SSSR count). The Morgan fingerprint density at radius 2 is 1.77 bits per heavy atom. The minimum Gasteiger partial charge on any atom is -0.378 e. The second kappa shape index (κ2) is 10.8. The number of anilines is 2. The smallest absolute Gasteiger partial charge is 0.271 e. The van der Waals surface area contributed by atoms with Crippen molar-refractivity contribution >= 4 is 34.7 Å². The monoisotopic (exact) mass is 488 g/mol. The fraction of sp³-hybridized carbons (Fsp3) is 0.160. The van der Waals surface area contributed by atoms with Crippen LogP contribution in [0.3, 0.4) is 0 Å². The average Bonchev–Trinajstić information content (AvgIpc) is 3.27. The van der Waals surface area contributed by atoms with Gasteiger partial charge in [-0.15, -0.1) is 10.2 Å². The fourth-order valence-corrected chi connectivity index (χ4v) is 4.14. The zero-order valence-electron chi connectivity index (χ0n) is 19.3. The Labute approximate surface area is 206 Å². The van der Waals surface area contributed by atoms with E-state index in [0.717, 1.165) is 16.9 Å². The molecule has 0 aliphatic heterocycles. The van der Waals surface area contributed by atoms with Crippen molar-refractivity contribution in [1.29, 1.82) is 0 Å². The van der Waals surface area contributed by atoms with E-state index in [1.807, 2.05) is 66.1 Å². The van der Waals surface area contributed by atoms with Crippen molar-refractivity contribution in [3.8, 4) is 5.69 Å². The third-order valence-electron chi connectivity index (χ3n) is 5.26. The molecule has 1 heterocycles. The van der Waals surface area contributed by atoms with Gasteiger partial charge in [0.1, 0.15) is 0 Å². The second-order valence-corrected chi connectivity index (χ2v) is 8.83. The zero-order chi connectivity index (χ0) is 24.8. The van der Waals surface area contributed by atoms with Crippen molar-refractivity contribution in [2.45, 2.75) is 25.5 Å². The zero-order valence-corrected chi connectivity index (χ0v) is 20.1. The normalized spacial score (nSPS) is 10.7. The van der Waals surface area contributed by atoms with Gasteiger partial charge in [0.05, 0.1) is 22.9 Å². The highest BCUT2D eigenvalue weighted by atomic mass is 32.2. The largest absolute Gasteiger partial charge is 0.378 e. The first kappa shape index (κ1) is 24.0. The molecule has 35 heavy (non-hydrogen) atoms. The first-order valence-electron chi connectivity index (χ1n) is 10.9. The van der Waals surface area contributed by atoms with Crippen molar-refractivity contribution in [2.24, 2.45) is 0 Å². The molecule has 0 saturated carbocycles. The van der Waals surface area contributed by atoms with E-state index in [2.05, 4.69) is 20.8 Å². The van der Waals surface area contributed by atoms with Gasteiger partial charge in [0.25, 0.3) is 5.69 Å². The van der Waals surface area contributed by atoms with E-state index in [4.69, 9.17) is 0 Å². The number of para-hydroxylation sites is 1. The molecule has 0 fully saturated rings. The number of rotatable bonds is 9. The molecule has 0 bridgehead atoms. The van der Waals surface area contributed by atoms with Crippen LogP contribution in [0.1, 0.15) is 17.0 Å². The van der Waals surface area contributed by atoms with Crippen LogP contribution in [-0.2, 0) is 11.3 Å². The number of nitro benzene ring substituents is 1. The van der Waals surface area contributed by atoms with Gasteiger partial charge >= 0.3 is 0 Å². The molecule has 0 aliphatic carbocycles. The van der Waals surface area contributed by atoms with E-state index in [0.29, 0.717) is 23.2 Å². The molecule has 1 amide bonds. The number of hydrogen-bond donors (Lipinski definition) is 2. The van der Waals surface area contributed by atoms with Gasteiger partial charge in [-0.1, -0.05) is 53.7 Å². The molecule has 3 aromatic carbocycles. The molecule has 178 valence electrons. The van der Waals surface area contributed by atoms with E-state index in [-0.39, 0.29) is 17.3 Å². The number of nitrogens with zero attached hydrogens (tertiary/aromatic N) is 4. The number of benzene rings is 3. The number of carbonyl (C=O) groups excluding carboxylic acids is 1. The van der Waals surface area contributed by atoms with Crippen LogP contribution >= 0.6 is 11.8 Å². The molecule has 4 aromatic rings. The number of amides is 1. The summed E-state index contributed by atoms with van der Waals surface area (Å²) in [5.41, 5.74) is 4.12. The Bertz CT molecular complexity index is 1340. The highest BCUT2D eigenvalue weighted by Gasteiger charge is 2.17. The van der Waals surface area contributed by atoms with E-state index in [1.54, 1.807) is 13.0 Å². The number of thioether (sulfide) groups is 1. The van der Waals surface area contributed by atoms with Crippen molar-refractivity contribution in [3.63, 3.8) is 0 Å². The summed E-state index contributed by atoms with van der Waals surface area (Å²) in [5.74, 6) is 0.480. The van der Waals surface area contributed by atoms with Crippen LogP contribution in [0.2, 0.25) is 0 Å². The maximum atomic E-state index is 12.6. The lowest BCUT2D eigenvalue weighted by atomic mass is 10.2. The first-order valence-corrected chi connectivity index (χ1v) is 11.9. The first-order chi connectivity index (χ1) is 16.9. The van der Waals surface area contributed by atoms with Crippen LogP contribution < -0.4 is 10.6 Å². The summed E-state index contributed by atoms with van der Waals surface area (Å²) in [6.45, 7) is 4.27. The summed E-state index contributed by atoms with van der Waals surface area (Å²) < 4.78 is 1.91. The molecule has 9 nitrogen and oxygen atoms in total. The topological polar surface area (TPSA) is 115 Å². The predicted octanol–water partition coefficient (Wildman–Crippen LogP) is 5.14. The Morgan fingerprint density at radius 3 is 2.49 bits per heavy atom. The van der Waals surface area contributed by atoms with E-state index < -0.39 is 4.92 Å². The fourth-order valence-electron chi connectivity index (χ4n) is 3.37. The number of non-ortho nitro benzene ring substituents is 1. The standard InChI is InChI=1S/C25H24N6O3S/c1-17-8-11-19(12-9-17)26-15-23-28-29-25(30(23)20-6-4-3-5-7-20)35-16-24(32)27-22-14-21(31(33)34)13-10-18(22)2/h3-14,26H,15-16H2,1-2H3,(H,27,32). The molecule has 0 atom stereocenters. The summed E-state index contributed by atoms with van der Waals surface area (Å²) >= 11 is 1.25. The predicted molar refractivity (Wildman–Crippen MR) is 137 cm³/mol. The molecular formula is C25H24N6O3S. The minimum absolute atomic E-state index is 0.0679. The molecule has 0 radical (unpaired) electrons. The number of nitro groups is 1. The van der Waals surface area contributed by atoms with Gasteiger partial charge in [0, 0.05) is 23.5 Å². The molecule has 0 saturated heterocycles. The Morgan fingerprint density at radius 1 is 1.03 bits per heavy atom. The van der Waals surface area contributed by atoms with Crippen LogP contribution in [0.5, 0.6) is 0 Å². The molecule has 2 N–H and O–H groups in total. The molecule has 0 unspecified atom stereocenters. The van der Waals surface area contributed by atoms with Gasteiger partial charge < -0.3 is 10.6 Å². The highest BCUT2D eigenvalue weighted by Crippen LogP contribution is 2.25. The maximum absolute atomic E-state index is 12.6. The molecule has 0 aliphatic rings. The summed E-state index contributed by atoms with van der Waals surface area (Å²) in [7, 11) is 0. The Hall–Kier alpha value is -4.18. The number of hydrogen-bond acceptors (Lipinski definition) is 7. The van der Waals surface area contributed by atoms with Gasteiger partial charge in [-0.2, -0.15) is 0 Å². The van der Waals surface area contributed by atoms with Crippen LogP contribution in [0.4, 0.5) is 17.1 Å². The third-order valence-corrected chi connectivity index (χ3v) is 6.18. The lowest BCUT2D eigenvalue weighted by Gasteiger charge is -2.12. The maximum Gasteiger partial charge on any atom is 0.271 e. The van der Waals surface area contributed by atoms with Crippen LogP contribution in [-0.4, -0.2) is 31.3 Å². The van der Waals surface area contributed by atoms with Crippen molar-refractivity contribution in [1.82, 2.24) is 14.8 Å². The number of aryl methyl sites for hydroxylation is 2. The van der Waals surface area contributed by atoms with Crippen molar-refractivity contribution in [2.75, 3.05) is 16.4 Å². The molecule has 1 aromatic heterocycles. The summed E-state index contributed by atoms with van der Waals surface area (Å²) in [6, 6.07) is 22.2. The SMILES string of the molecule is Cc1ccc(NCc2nnc(SCC(=O)Nc3cc([N+](=O)[O-])ccc3C)n2-c2ccccc2)cc1. The van der Waals surface area contributed by atoms with Crippen molar-refractivity contribution in [3.05, 3.63) is 99.9 Å². The van der Waals surface area contributed by atoms with E-state index in [9.17, 15) is 14.9 Å². The summed E-state index contributed by atoms with van der Waals surface area (Å²) in [4.78, 5) is 23.2.